The van der Waals surface area contributed by atoms with Gasteiger partial charge in [-0.2, -0.15) is 0 Å². The highest BCUT2D eigenvalue weighted by Crippen LogP contribution is 2.40. The van der Waals surface area contributed by atoms with Crippen LogP contribution in [0.5, 0.6) is 5.75 Å². The number of phenols is 1. The molecule has 0 radical (unpaired) electrons. The van der Waals surface area contributed by atoms with Crippen molar-refractivity contribution in [2.75, 3.05) is 0 Å². The summed E-state index contributed by atoms with van der Waals surface area (Å²) < 4.78 is 0. The molecule has 0 saturated carbocycles. The molecule has 0 aliphatic heterocycles. The van der Waals surface area contributed by atoms with Gasteiger partial charge in [0.1, 0.15) is 0 Å². The van der Waals surface area contributed by atoms with Gasteiger partial charge in [0.2, 0.25) is 5.75 Å². The van der Waals surface area contributed by atoms with E-state index in [4.69, 9.17) is 0 Å². The van der Waals surface area contributed by atoms with Gasteiger partial charge < -0.3 is 5.11 Å². The zero-order valence-corrected chi connectivity index (χ0v) is 9.52. The van der Waals surface area contributed by atoms with E-state index >= 15 is 0 Å². The van der Waals surface area contributed by atoms with Gasteiger partial charge in [0, 0.05) is 17.7 Å². The lowest BCUT2D eigenvalue weighted by atomic mass is 10.0. The van der Waals surface area contributed by atoms with Gasteiger partial charge in [-0.25, -0.2) is 0 Å². The van der Waals surface area contributed by atoms with Crippen LogP contribution in [0.25, 0.3) is 11.1 Å². The van der Waals surface area contributed by atoms with Crippen molar-refractivity contribution in [2.24, 2.45) is 0 Å². The summed E-state index contributed by atoms with van der Waals surface area (Å²) in [5, 5.41) is 31.5. The van der Waals surface area contributed by atoms with Crippen LogP contribution in [-0.2, 0) is 0 Å². The SMILES string of the molecule is O=[N+]([O-])c1ccccc1-c1cccc([N+](=O)[O-])c1O. The summed E-state index contributed by atoms with van der Waals surface area (Å²) in [5.74, 6) is -0.582. The quantitative estimate of drug-likeness (QED) is 0.674. The molecule has 0 bridgehead atoms. The third-order valence-electron chi connectivity index (χ3n) is 2.60. The van der Waals surface area contributed by atoms with Gasteiger partial charge in [-0.15, -0.1) is 0 Å². The smallest absolute Gasteiger partial charge is 0.311 e. The summed E-state index contributed by atoms with van der Waals surface area (Å²) in [6, 6.07) is 9.63. The summed E-state index contributed by atoms with van der Waals surface area (Å²) in [6.45, 7) is 0. The van der Waals surface area contributed by atoms with E-state index in [1.165, 1.54) is 30.3 Å². The Morgan fingerprint density at radius 3 is 1.95 bits per heavy atom. The topological polar surface area (TPSA) is 107 Å². The average molecular weight is 260 g/mol. The Kier molecular flexibility index (Phi) is 3.11. The van der Waals surface area contributed by atoms with Crippen molar-refractivity contribution in [3.8, 4) is 16.9 Å². The standard InChI is InChI=1S/C12H8N2O5/c15-12-9(5-3-7-11(12)14(18)19)8-4-1-2-6-10(8)13(16)17/h1-7,15H. The van der Waals surface area contributed by atoms with Crippen LogP contribution in [0.15, 0.2) is 42.5 Å². The molecule has 7 nitrogen and oxygen atoms in total. The van der Waals surface area contributed by atoms with E-state index < -0.39 is 21.3 Å². The molecule has 7 heteroatoms. The predicted octanol–water partition coefficient (Wildman–Crippen LogP) is 2.88. The van der Waals surface area contributed by atoms with Crippen molar-refractivity contribution < 1.29 is 15.0 Å². The van der Waals surface area contributed by atoms with Crippen LogP contribution in [0, 0.1) is 20.2 Å². The van der Waals surface area contributed by atoms with Crippen LogP contribution in [-0.4, -0.2) is 15.0 Å². The van der Waals surface area contributed by atoms with Gasteiger partial charge in [0.05, 0.1) is 15.4 Å². The van der Waals surface area contributed by atoms with Crippen molar-refractivity contribution in [1.29, 1.82) is 0 Å². The maximum absolute atomic E-state index is 10.9. The molecule has 2 rings (SSSR count). The van der Waals surface area contributed by atoms with E-state index in [-0.39, 0.29) is 16.8 Å². The molecule has 1 N–H and O–H groups in total. The Labute approximate surface area is 107 Å². The van der Waals surface area contributed by atoms with Crippen molar-refractivity contribution >= 4 is 11.4 Å². The molecular weight excluding hydrogens is 252 g/mol. The summed E-state index contributed by atoms with van der Waals surface area (Å²) in [5.41, 5.74) is -0.524. The Bertz CT molecular complexity index is 669. The van der Waals surface area contributed by atoms with Gasteiger partial charge in [-0.05, 0) is 12.1 Å². The number of aromatic hydroxyl groups is 1. The van der Waals surface area contributed by atoms with Crippen LogP contribution in [0.3, 0.4) is 0 Å². The number of hydrogen-bond donors (Lipinski definition) is 1. The highest BCUT2D eigenvalue weighted by Gasteiger charge is 2.22. The summed E-state index contributed by atoms with van der Waals surface area (Å²) >= 11 is 0. The van der Waals surface area contributed by atoms with Crippen LogP contribution in [0.4, 0.5) is 11.4 Å². The first kappa shape index (κ1) is 12.5. The number of rotatable bonds is 3. The van der Waals surface area contributed by atoms with E-state index in [0.717, 1.165) is 6.07 Å². The van der Waals surface area contributed by atoms with Crippen molar-refractivity contribution in [3.63, 3.8) is 0 Å². The fraction of sp³-hybridized carbons (Fsp3) is 0. The van der Waals surface area contributed by atoms with Crippen LogP contribution < -0.4 is 0 Å². The molecule has 0 saturated heterocycles. The predicted molar refractivity (Wildman–Crippen MR) is 66.9 cm³/mol. The molecular formula is C12H8N2O5. The monoisotopic (exact) mass is 260 g/mol. The number of phenolic OH excluding ortho intramolecular Hbond substituents is 1. The molecule has 0 amide bonds. The molecule has 0 spiro atoms. The van der Waals surface area contributed by atoms with Crippen LogP contribution >= 0.6 is 0 Å². The minimum Gasteiger partial charge on any atom is -0.502 e. The van der Waals surface area contributed by atoms with E-state index in [1.807, 2.05) is 0 Å². The summed E-state index contributed by atoms with van der Waals surface area (Å²) in [6.07, 6.45) is 0. The van der Waals surface area contributed by atoms with Crippen molar-refractivity contribution in [2.45, 2.75) is 0 Å². The molecule has 0 fully saturated rings. The second-order valence-electron chi connectivity index (χ2n) is 3.70. The zero-order valence-electron chi connectivity index (χ0n) is 9.52. The lowest BCUT2D eigenvalue weighted by Gasteiger charge is -2.05. The van der Waals surface area contributed by atoms with E-state index in [2.05, 4.69) is 0 Å². The second kappa shape index (κ2) is 4.73. The number of nitro groups is 2. The number of para-hydroxylation sites is 2. The first-order valence-corrected chi connectivity index (χ1v) is 5.22. The zero-order chi connectivity index (χ0) is 14.0. The molecule has 0 aromatic heterocycles. The third kappa shape index (κ3) is 2.21. The Morgan fingerprint density at radius 1 is 0.789 bits per heavy atom. The van der Waals surface area contributed by atoms with Gasteiger partial charge in [-0.3, -0.25) is 20.2 Å². The molecule has 0 atom stereocenters. The van der Waals surface area contributed by atoms with Gasteiger partial charge in [0.15, 0.2) is 0 Å². The van der Waals surface area contributed by atoms with Gasteiger partial charge in [-0.1, -0.05) is 18.2 Å². The summed E-state index contributed by atoms with van der Waals surface area (Å²) in [7, 11) is 0. The number of benzene rings is 2. The minimum absolute atomic E-state index is 0.0569. The molecule has 2 aromatic rings. The number of hydrogen-bond acceptors (Lipinski definition) is 5. The normalized spacial score (nSPS) is 10.1. The lowest BCUT2D eigenvalue weighted by Crippen LogP contribution is -1.94. The summed E-state index contributed by atoms with van der Waals surface area (Å²) in [4.78, 5) is 20.3. The van der Waals surface area contributed by atoms with Crippen LogP contribution in [0.2, 0.25) is 0 Å². The number of nitro benzene ring substituents is 2. The third-order valence-corrected chi connectivity index (χ3v) is 2.60. The fourth-order valence-corrected chi connectivity index (χ4v) is 1.76. The van der Waals surface area contributed by atoms with Gasteiger partial charge >= 0.3 is 5.69 Å². The first-order chi connectivity index (χ1) is 9.02. The Balaban J connectivity index is 2.70. The highest BCUT2D eigenvalue weighted by atomic mass is 16.6. The molecule has 0 heterocycles. The minimum atomic E-state index is -0.742. The molecule has 0 aliphatic carbocycles. The first-order valence-electron chi connectivity index (χ1n) is 5.22. The maximum atomic E-state index is 10.9. The Morgan fingerprint density at radius 2 is 1.32 bits per heavy atom. The van der Waals surface area contributed by atoms with Crippen LogP contribution in [0.1, 0.15) is 0 Å². The molecule has 0 unspecified atom stereocenters. The second-order valence-corrected chi connectivity index (χ2v) is 3.70. The maximum Gasteiger partial charge on any atom is 0.311 e. The molecule has 2 aromatic carbocycles. The lowest BCUT2D eigenvalue weighted by molar-refractivity contribution is -0.386. The van der Waals surface area contributed by atoms with E-state index in [0.29, 0.717) is 0 Å². The largest absolute Gasteiger partial charge is 0.502 e. The number of nitrogens with zero attached hydrogens (tertiary/aromatic N) is 2. The molecule has 96 valence electrons. The van der Waals surface area contributed by atoms with E-state index in [9.17, 15) is 25.3 Å². The van der Waals surface area contributed by atoms with E-state index in [1.54, 1.807) is 6.07 Å². The average Bonchev–Trinajstić information content (AvgIpc) is 2.38. The van der Waals surface area contributed by atoms with Crippen molar-refractivity contribution in [3.05, 3.63) is 62.7 Å². The fourth-order valence-electron chi connectivity index (χ4n) is 1.76. The molecule has 0 aliphatic rings. The van der Waals surface area contributed by atoms with Crippen molar-refractivity contribution in [1.82, 2.24) is 0 Å². The molecule has 19 heavy (non-hydrogen) atoms. The van der Waals surface area contributed by atoms with Gasteiger partial charge in [0.25, 0.3) is 5.69 Å². The Hall–Kier alpha value is -2.96. The highest BCUT2D eigenvalue weighted by molar-refractivity contribution is 5.80.